The van der Waals surface area contributed by atoms with Crippen molar-refractivity contribution in [2.24, 2.45) is 5.73 Å². The van der Waals surface area contributed by atoms with Crippen LogP contribution in [0.5, 0.6) is 0 Å². The van der Waals surface area contributed by atoms with Crippen LogP contribution in [0.15, 0.2) is 66.7 Å². The quantitative estimate of drug-likeness (QED) is 0.309. The zero-order chi connectivity index (χ0) is 31.6. The lowest BCUT2D eigenvalue weighted by atomic mass is 9.84. The first kappa shape index (κ1) is 32.0. The molecule has 0 spiro atoms. The normalized spacial score (nSPS) is 22.9. The summed E-state index contributed by atoms with van der Waals surface area (Å²) in [5, 5.41) is 6.01. The molecule has 0 aliphatic carbocycles. The summed E-state index contributed by atoms with van der Waals surface area (Å²) in [5.74, 6) is -3.01. The molecule has 2 aliphatic rings. The molecular formula is C31H33F5N4O3S. The van der Waals surface area contributed by atoms with Crippen molar-refractivity contribution in [1.82, 2.24) is 9.62 Å². The number of carbonyl (C=O) groups is 1. The Morgan fingerprint density at radius 3 is 2.50 bits per heavy atom. The summed E-state index contributed by atoms with van der Waals surface area (Å²) in [6.45, 7) is 0.768. The summed E-state index contributed by atoms with van der Waals surface area (Å²) in [7, 11) is -3.45. The number of sulfonamides is 1. The van der Waals surface area contributed by atoms with Crippen molar-refractivity contribution < 1.29 is 35.2 Å². The van der Waals surface area contributed by atoms with Gasteiger partial charge in [-0.2, -0.15) is 17.5 Å². The molecule has 236 valence electrons. The number of anilines is 1. The molecule has 1 amide bonds. The van der Waals surface area contributed by atoms with E-state index in [0.29, 0.717) is 25.1 Å². The van der Waals surface area contributed by atoms with Gasteiger partial charge in [0.2, 0.25) is 15.9 Å². The molecule has 44 heavy (non-hydrogen) atoms. The SMILES string of the molecule is N[C@H](C(=O)Nc1cccc(F)c1CCC1CNC2CCCS(=O)(=O)N1C2)[C@@H](c1ccc(F)cc1)c1cccc(C(F)(F)F)c1. The minimum absolute atomic E-state index is 0.0572. The molecular weight excluding hydrogens is 603 g/mol. The fraction of sp³-hybridized carbons (Fsp3) is 0.387. The number of carbonyl (C=O) groups excluding carboxylic acids is 1. The maximum atomic E-state index is 15.1. The van der Waals surface area contributed by atoms with Crippen molar-refractivity contribution in [3.63, 3.8) is 0 Å². The Bertz CT molecular complexity index is 1600. The Balaban J connectivity index is 1.39. The molecule has 3 unspecified atom stereocenters. The second-order valence-electron chi connectivity index (χ2n) is 11.3. The van der Waals surface area contributed by atoms with Crippen LogP contribution >= 0.6 is 0 Å². The Hall–Kier alpha value is -3.39. The largest absolute Gasteiger partial charge is 0.416 e. The van der Waals surface area contributed by atoms with Gasteiger partial charge in [-0.1, -0.05) is 36.4 Å². The van der Waals surface area contributed by atoms with Gasteiger partial charge in [0, 0.05) is 42.3 Å². The van der Waals surface area contributed by atoms with Gasteiger partial charge in [0.15, 0.2) is 0 Å². The highest BCUT2D eigenvalue weighted by molar-refractivity contribution is 7.89. The third kappa shape index (κ3) is 7.12. The lowest BCUT2D eigenvalue weighted by Gasteiger charge is -2.37. The van der Waals surface area contributed by atoms with E-state index >= 15 is 4.39 Å². The van der Waals surface area contributed by atoms with Gasteiger partial charge in [0.1, 0.15) is 11.6 Å². The van der Waals surface area contributed by atoms with Gasteiger partial charge in [-0.15, -0.1) is 0 Å². The van der Waals surface area contributed by atoms with E-state index < -0.39 is 57.3 Å². The molecule has 2 heterocycles. The first-order valence-electron chi connectivity index (χ1n) is 14.3. The number of benzene rings is 3. The van der Waals surface area contributed by atoms with Gasteiger partial charge in [-0.05, 0) is 67.1 Å². The Morgan fingerprint density at radius 1 is 1.05 bits per heavy atom. The van der Waals surface area contributed by atoms with Crippen LogP contribution in [0.3, 0.4) is 0 Å². The van der Waals surface area contributed by atoms with Gasteiger partial charge < -0.3 is 16.4 Å². The van der Waals surface area contributed by atoms with E-state index in [4.69, 9.17) is 5.73 Å². The number of rotatable bonds is 8. The van der Waals surface area contributed by atoms with E-state index in [-0.39, 0.29) is 41.5 Å². The molecule has 5 atom stereocenters. The van der Waals surface area contributed by atoms with E-state index in [0.717, 1.165) is 30.7 Å². The lowest BCUT2D eigenvalue weighted by molar-refractivity contribution is -0.137. The Morgan fingerprint density at radius 2 is 1.77 bits per heavy atom. The molecule has 13 heteroatoms. The third-order valence-electron chi connectivity index (χ3n) is 8.33. The molecule has 0 radical (unpaired) electrons. The molecule has 3 aromatic carbocycles. The summed E-state index contributed by atoms with van der Waals surface area (Å²) in [4.78, 5) is 13.5. The minimum atomic E-state index is -4.65. The molecule has 2 fully saturated rings. The molecule has 2 saturated heterocycles. The van der Waals surface area contributed by atoms with Gasteiger partial charge in [-0.25, -0.2) is 17.2 Å². The molecule has 2 aliphatic heterocycles. The van der Waals surface area contributed by atoms with E-state index in [1.165, 1.54) is 46.8 Å². The monoisotopic (exact) mass is 636 g/mol. The van der Waals surface area contributed by atoms with Gasteiger partial charge in [0.05, 0.1) is 17.4 Å². The van der Waals surface area contributed by atoms with Crippen molar-refractivity contribution >= 4 is 21.6 Å². The number of halogens is 5. The number of hydrogen-bond donors (Lipinski definition) is 3. The number of piperazine rings is 1. The van der Waals surface area contributed by atoms with Crippen LogP contribution in [-0.4, -0.2) is 55.6 Å². The first-order chi connectivity index (χ1) is 20.8. The van der Waals surface area contributed by atoms with Crippen molar-refractivity contribution in [3.8, 4) is 0 Å². The number of nitrogens with zero attached hydrogens (tertiary/aromatic N) is 1. The number of hydrogen-bond acceptors (Lipinski definition) is 5. The highest BCUT2D eigenvalue weighted by atomic mass is 32.2. The summed E-state index contributed by atoms with van der Waals surface area (Å²) in [5.41, 5.74) is 6.13. The van der Waals surface area contributed by atoms with E-state index in [1.54, 1.807) is 0 Å². The fourth-order valence-electron chi connectivity index (χ4n) is 6.04. The van der Waals surface area contributed by atoms with Crippen LogP contribution in [0.2, 0.25) is 0 Å². The number of amides is 1. The predicted molar refractivity (Wildman–Crippen MR) is 156 cm³/mol. The molecule has 0 aromatic heterocycles. The van der Waals surface area contributed by atoms with E-state index in [1.807, 2.05) is 0 Å². The van der Waals surface area contributed by atoms with E-state index in [2.05, 4.69) is 10.6 Å². The van der Waals surface area contributed by atoms with Crippen LogP contribution in [0.4, 0.5) is 27.6 Å². The van der Waals surface area contributed by atoms with Crippen LogP contribution in [-0.2, 0) is 27.4 Å². The average Bonchev–Trinajstić information content (AvgIpc) is 3.09. The molecule has 4 N–H and O–H groups in total. The topological polar surface area (TPSA) is 105 Å². The van der Waals surface area contributed by atoms with Crippen molar-refractivity contribution in [2.75, 3.05) is 24.2 Å². The Labute approximate surface area is 252 Å². The predicted octanol–water partition coefficient (Wildman–Crippen LogP) is 4.78. The average molecular weight is 637 g/mol. The number of fused-ring (bicyclic) bond motifs is 2. The highest BCUT2D eigenvalue weighted by Gasteiger charge is 2.38. The lowest BCUT2D eigenvalue weighted by Crippen LogP contribution is -2.57. The third-order valence-corrected chi connectivity index (χ3v) is 10.3. The minimum Gasteiger partial charge on any atom is -0.324 e. The zero-order valence-electron chi connectivity index (χ0n) is 23.7. The standard InChI is InChI=1S/C31H33F5N4O3S/c32-22-11-9-19(10-12-22)28(20-4-1-5-21(16-20)31(34,35)36)29(37)30(41)39-27-8-2-7-26(33)25(27)14-13-24-17-38-23-6-3-15-44(42,43)40(24)18-23/h1-2,4-5,7-12,16,23-24,28-29,38H,3,6,13-15,17-18,37H2,(H,39,41)/t23?,24?,28-,29-/m0/s1. The summed E-state index contributed by atoms with van der Waals surface area (Å²) in [6, 6.07) is 11.7. The van der Waals surface area contributed by atoms with Gasteiger partial charge in [-0.3, -0.25) is 4.79 Å². The van der Waals surface area contributed by atoms with Crippen molar-refractivity contribution in [1.29, 1.82) is 0 Å². The molecule has 0 saturated carbocycles. The summed E-state index contributed by atoms with van der Waals surface area (Å²) in [6.07, 6.45) is -2.93. The molecule has 3 aromatic rings. The van der Waals surface area contributed by atoms with Crippen LogP contribution < -0.4 is 16.4 Å². The fourth-order valence-corrected chi connectivity index (χ4v) is 7.85. The number of nitrogens with two attached hydrogens (primary N) is 1. The van der Waals surface area contributed by atoms with Gasteiger partial charge >= 0.3 is 6.18 Å². The van der Waals surface area contributed by atoms with E-state index in [9.17, 15) is 30.8 Å². The number of nitrogens with one attached hydrogen (secondary N) is 2. The summed E-state index contributed by atoms with van der Waals surface area (Å²) >= 11 is 0. The number of alkyl halides is 3. The Kier molecular flexibility index (Phi) is 9.40. The second-order valence-corrected chi connectivity index (χ2v) is 13.3. The molecule has 5 rings (SSSR count). The smallest absolute Gasteiger partial charge is 0.324 e. The van der Waals surface area contributed by atoms with Crippen LogP contribution in [0.25, 0.3) is 0 Å². The maximum absolute atomic E-state index is 15.1. The summed E-state index contributed by atoms with van der Waals surface area (Å²) < 4.78 is 96.6. The van der Waals surface area contributed by atoms with Crippen molar-refractivity contribution in [3.05, 3.63) is 101 Å². The van der Waals surface area contributed by atoms with Crippen LogP contribution in [0.1, 0.15) is 47.4 Å². The van der Waals surface area contributed by atoms with Crippen molar-refractivity contribution in [2.45, 2.75) is 55.9 Å². The zero-order valence-corrected chi connectivity index (χ0v) is 24.5. The molecule has 2 bridgehead atoms. The van der Waals surface area contributed by atoms with Gasteiger partial charge in [0.25, 0.3) is 0 Å². The van der Waals surface area contributed by atoms with Crippen LogP contribution in [0, 0.1) is 11.6 Å². The molecule has 7 nitrogen and oxygen atoms in total. The second kappa shape index (κ2) is 12.9. The highest BCUT2D eigenvalue weighted by Crippen LogP contribution is 2.35. The maximum Gasteiger partial charge on any atom is 0.416 e. The first-order valence-corrected chi connectivity index (χ1v) is 15.9.